The van der Waals surface area contributed by atoms with Crippen molar-refractivity contribution < 1.29 is 14.3 Å². The molecule has 1 heterocycles. The number of carbonyl (C=O) groups is 2. The average Bonchev–Trinajstić information content (AvgIpc) is 2.81. The SMILES string of the molecule is O=C(Nc1ccc(C(=O)N2CCOCC2)cc1)C(c1ccccc1)c1ccccc1. The number of anilines is 1. The molecule has 0 spiro atoms. The molecule has 1 saturated heterocycles. The van der Waals surface area contributed by atoms with Crippen molar-refractivity contribution in [1.29, 1.82) is 0 Å². The van der Waals surface area contributed by atoms with Crippen LogP contribution < -0.4 is 5.32 Å². The lowest BCUT2D eigenvalue weighted by atomic mass is 9.90. The lowest BCUT2D eigenvalue weighted by molar-refractivity contribution is -0.116. The van der Waals surface area contributed by atoms with Crippen molar-refractivity contribution in [1.82, 2.24) is 4.90 Å². The first-order valence-corrected chi connectivity index (χ1v) is 10.1. The zero-order valence-electron chi connectivity index (χ0n) is 16.7. The number of amides is 2. The van der Waals surface area contributed by atoms with Gasteiger partial charge in [0.15, 0.2) is 0 Å². The van der Waals surface area contributed by atoms with Gasteiger partial charge >= 0.3 is 0 Å². The summed E-state index contributed by atoms with van der Waals surface area (Å²) in [5.74, 6) is -0.538. The number of hydrogen-bond donors (Lipinski definition) is 1. The molecule has 0 bridgehead atoms. The zero-order valence-corrected chi connectivity index (χ0v) is 16.7. The molecule has 0 aliphatic carbocycles. The van der Waals surface area contributed by atoms with Crippen molar-refractivity contribution in [3.63, 3.8) is 0 Å². The number of carbonyl (C=O) groups excluding carboxylic acids is 2. The van der Waals surface area contributed by atoms with Crippen LogP contribution in [0.2, 0.25) is 0 Å². The third-order valence-corrected chi connectivity index (χ3v) is 5.23. The van der Waals surface area contributed by atoms with Crippen molar-refractivity contribution in [2.75, 3.05) is 31.6 Å². The van der Waals surface area contributed by atoms with E-state index < -0.39 is 5.92 Å². The van der Waals surface area contributed by atoms with Crippen molar-refractivity contribution >= 4 is 17.5 Å². The van der Waals surface area contributed by atoms with Gasteiger partial charge in [-0.15, -0.1) is 0 Å². The molecule has 0 atom stereocenters. The Morgan fingerprint density at radius 2 is 1.30 bits per heavy atom. The smallest absolute Gasteiger partial charge is 0.254 e. The first-order valence-electron chi connectivity index (χ1n) is 10.1. The Hall–Kier alpha value is -3.44. The topological polar surface area (TPSA) is 58.6 Å². The van der Waals surface area contributed by atoms with E-state index >= 15 is 0 Å². The van der Waals surface area contributed by atoms with Crippen molar-refractivity contribution in [2.24, 2.45) is 0 Å². The highest BCUT2D eigenvalue weighted by atomic mass is 16.5. The fraction of sp³-hybridized carbons (Fsp3) is 0.200. The Balaban J connectivity index is 1.50. The van der Waals surface area contributed by atoms with E-state index in [0.29, 0.717) is 37.6 Å². The highest BCUT2D eigenvalue weighted by Gasteiger charge is 2.23. The molecule has 0 unspecified atom stereocenters. The quantitative estimate of drug-likeness (QED) is 0.706. The molecule has 5 nitrogen and oxygen atoms in total. The Kier molecular flexibility index (Phi) is 6.20. The molecule has 152 valence electrons. The molecule has 2 amide bonds. The van der Waals surface area contributed by atoms with E-state index in [1.807, 2.05) is 60.7 Å². The van der Waals surface area contributed by atoms with Crippen molar-refractivity contribution in [3.8, 4) is 0 Å². The second-order valence-electron chi connectivity index (χ2n) is 7.23. The van der Waals surface area contributed by atoms with Crippen LogP contribution in [0.1, 0.15) is 27.4 Å². The Morgan fingerprint density at radius 1 is 0.767 bits per heavy atom. The van der Waals surface area contributed by atoms with Gasteiger partial charge in [0.25, 0.3) is 5.91 Å². The normalized spacial score (nSPS) is 13.8. The Morgan fingerprint density at radius 3 is 1.83 bits per heavy atom. The molecule has 4 rings (SSSR count). The lowest BCUT2D eigenvalue weighted by Crippen LogP contribution is -2.40. The lowest BCUT2D eigenvalue weighted by Gasteiger charge is -2.26. The maximum atomic E-state index is 13.2. The number of rotatable bonds is 5. The number of ether oxygens (including phenoxy) is 1. The summed E-state index contributed by atoms with van der Waals surface area (Å²) in [6.45, 7) is 2.35. The van der Waals surface area contributed by atoms with Gasteiger partial charge in [-0.1, -0.05) is 60.7 Å². The maximum Gasteiger partial charge on any atom is 0.254 e. The number of morpholine rings is 1. The third-order valence-electron chi connectivity index (χ3n) is 5.23. The minimum absolute atomic E-state index is 0.0115. The van der Waals surface area contributed by atoms with Gasteiger partial charge in [0.05, 0.1) is 19.1 Å². The van der Waals surface area contributed by atoms with Gasteiger partial charge in [0.2, 0.25) is 5.91 Å². The molecule has 1 fully saturated rings. The van der Waals surface area contributed by atoms with E-state index in [2.05, 4.69) is 5.32 Å². The zero-order chi connectivity index (χ0) is 20.8. The van der Waals surface area contributed by atoms with E-state index in [-0.39, 0.29) is 11.8 Å². The summed E-state index contributed by atoms with van der Waals surface area (Å²) in [6, 6.07) is 26.5. The van der Waals surface area contributed by atoms with Crippen LogP contribution in [-0.2, 0) is 9.53 Å². The minimum Gasteiger partial charge on any atom is -0.378 e. The van der Waals surface area contributed by atoms with Crippen LogP contribution in [0.3, 0.4) is 0 Å². The van der Waals surface area contributed by atoms with Crippen LogP contribution in [0.25, 0.3) is 0 Å². The molecule has 1 aliphatic heterocycles. The highest BCUT2D eigenvalue weighted by molar-refractivity contribution is 5.99. The minimum atomic E-state index is -0.415. The van der Waals surface area contributed by atoms with Gasteiger partial charge < -0.3 is 15.0 Å². The molecule has 30 heavy (non-hydrogen) atoms. The summed E-state index contributed by atoms with van der Waals surface area (Å²) in [4.78, 5) is 27.6. The van der Waals surface area contributed by atoms with Gasteiger partial charge in [-0.05, 0) is 35.4 Å². The molecule has 1 aliphatic rings. The molecule has 5 heteroatoms. The van der Waals surface area contributed by atoms with Crippen molar-refractivity contribution in [2.45, 2.75) is 5.92 Å². The van der Waals surface area contributed by atoms with Gasteiger partial charge in [-0.25, -0.2) is 0 Å². The van der Waals surface area contributed by atoms with Gasteiger partial charge in [-0.3, -0.25) is 9.59 Å². The van der Waals surface area contributed by atoms with E-state index in [1.54, 1.807) is 29.2 Å². The average molecular weight is 400 g/mol. The second kappa shape index (κ2) is 9.37. The molecular formula is C25H24N2O3. The summed E-state index contributed by atoms with van der Waals surface area (Å²) in [7, 11) is 0. The number of benzene rings is 3. The first-order chi connectivity index (χ1) is 14.7. The summed E-state index contributed by atoms with van der Waals surface area (Å²) in [6.07, 6.45) is 0. The summed E-state index contributed by atoms with van der Waals surface area (Å²) >= 11 is 0. The molecule has 0 aromatic heterocycles. The fourth-order valence-corrected chi connectivity index (χ4v) is 3.65. The summed E-state index contributed by atoms with van der Waals surface area (Å²) in [5, 5.41) is 3.00. The number of nitrogens with one attached hydrogen (secondary N) is 1. The largest absolute Gasteiger partial charge is 0.378 e. The molecule has 3 aromatic rings. The maximum absolute atomic E-state index is 13.2. The predicted molar refractivity (Wildman–Crippen MR) is 117 cm³/mol. The highest BCUT2D eigenvalue weighted by Crippen LogP contribution is 2.26. The summed E-state index contributed by atoms with van der Waals surface area (Å²) < 4.78 is 5.30. The van der Waals surface area contributed by atoms with Crippen LogP contribution in [0.5, 0.6) is 0 Å². The van der Waals surface area contributed by atoms with E-state index in [9.17, 15) is 9.59 Å². The van der Waals surface area contributed by atoms with Crippen LogP contribution in [0.4, 0.5) is 5.69 Å². The van der Waals surface area contributed by atoms with Gasteiger partial charge in [-0.2, -0.15) is 0 Å². The van der Waals surface area contributed by atoms with Gasteiger partial charge in [0, 0.05) is 24.3 Å². The summed E-state index contributed by atoms with van der Waals surface area (Å²) in [5.41, 5.74) is 3.13. The predicted octanol–water partition coefficient (Wildman–Crippen LogP) is 3.93. The Labute approximate surface area is 176 Å². The molecule has 0 saturated carbocycles. The standard InChI is InChI=1S/C25H24N2O3/c28-24(23(19-7-3-1-4-8-19)20-9-5-2-6-10-20)26-22-13-11-21(12-14-22)25(29)27-15-17-30-18-16-27/h1-14,23H,15-18H2,(H,26,28). The molecule has 0 radical (unpaired) electrons. The second-order valence-corrected chi connectivity index (χ2v) is 7.23. The van der Waals surface area contributed by atoms with Crippen molar-refractivity contribution in [3.05, 3.63) is 102 Å². The third kappa shape index (κ3) is 4.58. The molecular weight excluding hydrogens is 376 g/mol. The van der Waals surface area contributed by atoms with Crippen LogP contribution in [-0.4, -0.2) is 43.0 Å². The van der Waals surface area contributed by atoms with Crippen LogP contribution in [0.15, 0.2) is 84.9 Å². The molecule has 1 N–H and O–H groups in total. The van der Waals surface area contributed by atoms with Crippen LogP contribution in [0, 0.1) is 0 Å². The monoisotopic (exact) mass is 400 g/mol. The number of hydrogen-bond acceptors (Lipinski definition) is 3. The Bertz CT molecular complexity index is 942. The fourth-order valence-electron chi connectivity index (χ4n) is 3.65. The van der Waals surface area contributed by atoms with E-state index in [0.717, 1.165) is 11.1 Å². The van der Waals surface area contributed by atoms with E-state index in [1.165, 1.54) is 0 Å². The number of nitrogens with zero attached hydrogens (tertiary/aromatic N) is 1. The van der Waals surface area contributed by atoms with E-state index in [4.69, 9.17) is 4.74 Å². The first kappa shape index (κ1) is 19.9. The van der Waals surface area contributed by atoms with Gasteiger partial charge in [0.1, 0.15) is 0 Å². The molecule has 3 aromatic carbocycles. The van der Waals surface area contributed by atoms with Crippen LogP contribution >= 0.6 is 0 Å².